The van der Waals surface area contributed by atoms with Gasteiger partial charge >= 0.3 is 0 Å². The van der Waals surface area contributed by atoms with Gasteiger partial charge in [-0.15, -0.1) is 11.3 Å². The number of carbonyl (C=O) groups excluding carboxylic acids is 2. The van der Waals surface area contributed by atoms with Crippen LogP contribution >= 0.6 is 11.3 Å². The summed E-state index contributed by atoms with van der Waals surface area (Å²) in [5.41, 5.74) is 1.43. The van der Waals surface area contributed by atoms with Crippen LogP contribution in [-0.4, -0.2) is 36.6 Å². The fourth-order valence-corrected chi connectivity index (χ4v) is 3.52. The fraction of sp³-hybridized carbons (Fsp3) is 0.476. The van der Waals surface area contributed by atoms with Gasteiger partial charge in [0.05, 0.1) is 12.1 Å². The van der Waals surface area contributed by atoms with E-state index in [-0.39, 0.29) is 29.6 Å². The standard InChI is InChI=1S/C21H27N3O4S/c1-13(2)19(26)24-20-23-15(11-29-20)10-18(25)22-12-21(3,4)14-5-6-16-17(9-14)28-8-7-27-16/h5-6,9,11,13H,7-8,10,12H2,1-4H3,(H,22,25)(H,23,24,26). The third-order valence-corrected chi connectivity index (χ3v) is 5.51. The van der Waals surface area contributed by atoms with E-state index in [1.165, 1.54) is 11.3 Å². The lowest BCUT2D eigenvalue weighted by molar-refractivity contribution is -0.120. The molecule has 2 aromatic rings. The summed E-state index contributed by atoms with van der Waals surface area (Å²) in [6.07, 6.45) is 0.172. The predicted octanol–water partition coefficient (Wildman–Crippen LogP) is 3.15. The number of nitrogens with zero attached hydrogens (tertiary/aromatic N) is 1. The molecule has 0 radical (unpaired) electrons. The zero-order valence-corrected chi connectivity index (χ0v) is 18.0. The fourth-order valence-electron chi connectivity index (χ4n) is 2.81. The highest BCUT2D eigenvalue weighted by molar-refractivity contribution is 7.13. The first-order valence-corrected chi connectivity index (χ1v) is 10.5. The molecule has 3 rings (SSSR count). The first-order chi connectivity index (χ1) is 13.7. The summed E-state index contributed by atoms with van der Waals surface area (Å²) in [5.74, 6) is 1.18. The number of hydrogen-bond acceptors (Lipinski definition) is 6. The zero-order valence-electron chi connectivity index (χ0n) is 17.2. The third kappa shape index (κ3) is 5.47. The Hall–Kier alpha value is -2.61. The van der Waals surface area contributed by atoms with Crippen LogP contribution in [-0.2, 0) is 21.4 Å². The molecule has 1 aromatic heterocycles. The number of hydrogen-bond donors (Lipinski definition) is 2. The second-order valence-corrected chi connectivity index (χ2v) is 8.84. The molecular weight excluding hydrogens is 390 g/mol. The monoisotopic (exact) mass is 417 g/mol. The Morgan fingerprint density at radius 2 is 1.93 bits per heavy atom. The molecule has 156 valence electrons. The number of amides is 2. The molecule has 2 N–H and O–H groups in total. The zero-order chi connectivity index (χ0) is 21.0. The lowest BCUT2D eigenvalue weighted by Crippen LogP contribution is -2.37. The van der Waals surface area contributed by atoms with E-state index in [1.807, 2.05) is 32.0 Å². The van der Waals surface area contributed by atoms with E-state index in [2.05, 4.69) is 29.5 Å². The van der Waals surface area contributed by atoms with Gasteiger partial charge in [-0.25, -0.2) is 4.98 Å². The normalized spacial score (nSPS) is 13.3. The van der Waals surface area contributed by atoms with Gasteiger partial charge in [-0.3, -0.25) is 9.59 Å². The molecular formula is C21H27N3O4S. The van der Waals surface area contributed by atoms with Crippen molar-refractivity contribution in [2.24, 2.45) is 5.92 Å². The predicted molar refractivity (Wildman–Crippen MR) is 113 cm³/mol. The van der Waals surface area contributed by atoms with Crippen molar-refractivity contribution >= 4 is 28.3 Å². The van der Waals surface area contributed by atoms with Crippen LogP contribution in [0, 0.1) is 5.92 Å². The Bertz CT molecular complexity index is 892. The van der Waals surface area contributed by atoms with Crippen molar-refractivity contribution in [3.05, 3.63) is 34.8 Å². The molecule has 2 heterocycles. The SMILES string of the molecule is CC(C)C(=O)Nc1nc(CC(=O)NCC(C)(C)c2ccc3c(c2)OCCO3)cs1. The molecule has 0 unspecified atom stereocenters. The van der Waals surface area contributed by atoms with Crippen LogP contribution < -0.4 is 20.1 Å². The van der Waals surface area contributed by atoms with E-state index >= 15 is 0 Å². The van der Waals surface area contributed by atoms with Crippen LogP contribution in [0.2, 0.25) is 0 Å². The minimum absolute atomic E-state index is 0.0865. The molecule has 1 aliphatic heterocycles. The molecule has 0 spiro atoms. The smallest absolute Gasteiger partial charge is 0.228 e. The number of thiazole rings is 1. The van der Waals surface area contributed by atoms with Gasteiger partial charge in [0.25, 0.3) is 0 Å². The molecule has 0 saturated heterocycles. The molecule has 0 atom stereocenters. The van der Waals surface area contributed by atoms with Crippen molar-refractivity contribution < 1.29 is 19.1 Å². The van der Waals surface area contributed by atoms with E-state index in [1.54, 1.807) is 5.38 Å². The molecule has 1 aliphatic rings. The summed E-state index contributed by atoms with van der Waals surface area (Å²) in [4.78, 5) is 28.4. The van der Waals surface area contributed by atoms with Crippen molar-refractivity contribution in [2.75, 3.05) is 25.1 Å². The van der Waals surface area contributed by atoms with Gasteiger partial charge in [0.15, 0.2) is 16.6 Å². The number of carbonyl (C=O) groups is 2. The number of anilines is 1. The van der Waals surface area contributed by atoms with E-state index in [9.17, 15) is 9.59 Å². The Morgan fingerprint density at radius 1 is 1.21 bits per heavy atom. The average Bonchev–Trinajstić information content (AvgIpc) is 3.12. The van der Waals surface area contributed by atoms with Crippen LogP contribution in [0.25, 0.3) is 0 Å². The van der Waals surface area contributed by atoms with Crippen LogP contribution in [0.4, 0.5) is 5.13 Å². The summed E-state index contributed by atoms with van der Waals surface area (Å²) in [5, 5.41) is 8.05. The summed E-state index contributed by atoms with van der Waals surface area (Å²) >= 11 is 1.32. The van der Waals surface area contributed by atoms with Crippen molar-refractivity contribution in [1.29, 1.82) is 0 Å². The third-order valence-electron chi connectivity index (χ3n) is 4.70. The lowest BCUT2D eigenvalue weighted by atomic mass is 9.84. The second-order valence-electron chi connectivity index (χ2n) is 7.98. The second kappa shape index (κ2) is 8.82. The molecule has 2 amide bonds. The number of nitrogens with one attached hydrogen (secondary N) is 2. The maximum Gasteiger partial charge on any atom is 0.228 e. The van der Waals surface area contributed by atoms with Crippen molar-refractivity contribution in [3.63, 3.8) is 0 Å². The minimum atomic E-state index is -0.274. The first kappa shape index (κ1) is 21.1. The maximum atomic E-state index is 12.4. The van der Waals surface area contributed by atoms with Gasteiger partial charge in [0.2, 0.25) is 11.8 Å². The van der Waals surface area contributed by atoms with Crippen LogP contribution in [0.5, 0.6) is 11.5 Å². The van der Waals surface area contributed by atoms with Gasteiger partial charge < -0.3 is 20.1 Å². The molecule has 0 saturated carbocycles. The molecule has 7 nitrogen and oxygen atoms in total. The van der Waals surface area contributed by atoms with Crippen molar-refractivity contribution in [2.45, 2.75) is 39.5 Å². The summed E-state index contributed by atoms with van der Waals surface area (Å²) < 4.78 is 11.2. The average molecular weight is 418 g/mol. The van der Waals surface area contributed by atoms with E-state index in [0.29, 0.717) is 30.6 Å². The Balaban J connectivity index is 1.54. The van der Waals surface area contributed by atoms with E-state index < -0.39 is 0 Å². The van der Waals surface area contributed by atoms with Gasteiger partial charge in [0.1, 0.15) is 13.2 Å². The summed E-state index contributed by atoms with van der Waals surface area (Å²) in [6, 6.07) is 5.89. The number of fused-ring (bicyclic) bond motifs is 1. The minimum Gasteiger partial charge on any atom is -0.486 e. The molecule has 29 heavy (non-hydrogen) atoms. The molecule has 8 heteroatoms. The molecule has 0 fully saturated rings. The first-order valence-electron chi connectivity index (χ1n) is 9.67. The Labute approximate surface area is 174 Å². The number of aromatic nitrogens is 1. The Morgan fingerprint density at radius 3 is 2.66 bits per heavy atom. The number of rotatable bonds is 7. The van der Waals surface area contributed by atoms with Crippen LogP contribution in [0.15, 0.2) is 23.6 Å². The largest absolute Gasteiger partial charge is 0.486 e. The topological polar surface area (TPSA) is 89.6 Å². The van der Waals surface area contributed by atoms with Gasteiger partial charge in [0, 0.05) is 23.3 Å². The lowest BCUT2D eigenvalue weighted by Gasteiger charge is -2.27. The summed E-state index contributed by atoms with van der Waals surface area (Å²) in [7, 11) is 0. The van der Waals surface area contributed by atoms with Crippen LogP contribution in [0.1, 0.15) is 39.0 Å². The maximum absolute atomic E-state index is 12.4. The van der Waals surface area contributed by atoms with Crippen molar-refractivity contribution in [1.82, 2.24) is 10.3 Å². The van der Waals surface area contributed by atoms with Crippen molar-refractivity contribution in [3.8, 4) is 11.5 Å². The molecule has 0 aliphatic carbocycles. The Kier molecular flexibility index (Phi) is 6.42. The highest BCUT2D eigenvalue weighted by atomic mass is 32.1. The van der Waals surface area contributed by atoms with E-state index in [0.717, 1.165) is 17.1 Å². The van der Waals surface area contributed by atoms with E-state index in [4.69, 9.17) is 9.47 Å². The molecule has 0 bridgehead atoms. The van der Waals surface area contributed by atoms with Crippen LogP contribution in [0.3, 0.4) is 0 Å². The highest BCUT2D eigenvalue weighted by Crippen LogP contribution is 2.34. The highest BCUT2D eigenvalue weighted by Gasteiger charge is 2.24. The van der Waals surface area contributed by atoms with Gasteiger partial charge in [-0.2, -0.15) is 0 Å². The molecule has 1 aromatic carbocycles. The summed E-state index contributed by atoms with van der Waals surface area (Å²) in [6.45, 7) is 9.36. The van der Waals surface area contributed by atoms with Gasteiger partial charge in [-0.1, -0.05) is 33.8 Å². The number of ether oxygens (including phenoxy) is 2. The number of benzene rings is 1. The van der Waals surface area contributed by atoms with Gasteiger partial charge in [-0.05, 0) is 17.7 Å². The quantitative estimate of drug-likeness (QED) is 0.722.